The lowest BCUT2D eigenvalue weighted by molar-refractivity contribution is -0.0709. The average Bonchev–Trinajstić information content (AvgIpc) is 2.91. The average molecular weight is 309 g/mol. The van der Waals surface area contributed by atoms with Crippen LogP contribution in [0.1, 0.15) is 40.2 Å². The van der Waals surface area contributed by atoms with Gasteiger partial charge in [0, 0.05) is 13.5 Å². The molecule has 1 fully saturated rings. The third kappa shape index (κ3) is 2.73. The molecule has 20 heavy (non-hydrogen) atoms. The van der Waals surface area contributed by atoms with Crippen LogP contribution >= 0.6 is 22.9 Å². The second-order valence-corrected chi connectivity index (χ2v) is 6.75. The molecule has 1 heterocycles. The monoisotopic (exact) mass is 308 g/mol. The molecule has 0 radical (unpaired) electrons. The molecule has 0 amide bonds. The number of ether oxygens (including phenoxy) is 1. The Labute approximate surface area is 128 Å². The highest BCUT2D eigenvalue weighted by Gasteiger charge is 2.38. The van der Waals surface area contributed by atoms with Gasteiger partial charge in [-0.05, 0) is 24.8 Å². The van der Waals surface area contributed by atoms with E-state index in [-0.39, 0.29) is 11.0 Å². The lowest BCUT2D eigenvalue weighted by Gasteiger charge is -2.39. The molecule has 3 nitrogen and oxygen atoms in total. The second kappa shape index (κ2) is 5.80. The van der Waals surface area contributed by atoms with Gasteiger partial charge >= 0.3 is 0 Å². The van der Waals surface area contributed by atoms with E-state index < -0.39 is 0 Å². The minimum absolute atomic E-state index is 0.00857. The summed E-state index contributed by atoms with van der Waals surface area (Å²) in [4.78, 5) is 0. The number of aromatic nitrogens is 2. The first-order valence-corrected chi connectivity index (χ1v) is 8.04. The third-order valence-corrected chi connectivity index (χ3v) is 5.54. The molecule has 1 saturated carbocycles. The van der Waals surface area contributed by atoms with Gasteiger partial charge in [0.05, 0.1) is 5.60 Å². The van der Waals surface area contributed by atoms with Gasteiger partial charge in [0.1, 0.15) is 15.4 Å². The van der Waals surface area contributed by atoms with Gasteiger partial charge in [0.25, 0.3) is 0 Å². The molecule has 1 atom stereocenters. The van der Waals surface area contributed by atoms with E-state index in [1.54, 1.807) is 18.4 Å². The zero-order chi connectivity index (χ0) is 14.0. The normalized spacial score (nSPS) is 18.5. The van der Waals surface area contributed by atoms with Crippen LogP contribution in [0.4, 0.5) is 0 Å². The molecule has 1 unspecified atom stereocenters. The van der Waals surface area contributed by atoms with Gasteiger partial charge in [-0.1, -0.05) is 41.7 Å². The van der Waals surface area contributed by atoms with Crippen molar-refractivity contribution in [2.75, 3.05) is 7.11 Å². The van der Waals surface area contributed by atoms with Crippen molar-refractivity contribution in [3.63, 3.8) is 0 Å². The lowest BCUT2D eigenvalue weighted by atomic mass is 9.78. The molecule has 106 valence electrons. The number of benzene rings is 1. The highest BCUT2D eigenvalue weighted by molar-refractivity contribution is 7.11. The molecule has 0 bridgehead atoms. The number of hydrogen-bond acceptors (Lipinski definition) is 4. The topological polar surface area (TPSA) is 35.0 Å². The molecule has 0 spiro atoms. The summed E-state index contributed by atoms with van der Waals surface area (Å²) in [7, 11) is 1.79. The Morgan fingerprint density at radius 2 is 2.05 bits per heavy atom. The summed E-state index contributed by atoms with van der Waals surface area (Å²) in [5.74, 6) is 0. The van der Waals surface area contributed by atoms with E-state index in [1.807, 2.05) is 30.3 Å². The van der Waals surface area contributed by atoms with E-state index in [1.165, 1.54) is 6.42 Å². The zero-order valence-corrected chi connectivity index (χ0v) is 13.0. The van der Waals surface area contributed by atoms with Crippen molar-refractivity contribution in [3.8, 4) is 0 Å². The van der Waals surface area contributed by atoms with Crippen LogP contribution in [0.2, 0.25) is 0 Å². The van der Waals surface area contributed by atoms with Crippen LogP contribution in [0.15, 0.2) is 30.3 Å². The van der Waals surface area contributed by atoms with Gasteiger partial charge in [0.2, 0.25) is 0 Å². The number of methoxy groups -OCH3 is 1. The van der Waals surface area contributed by atoms with E-state index in [0.29, 0.717) is 0 Å². The van der Waals surface area contributed by atoms with Gasteiger partial charge in [-0.15, -0.1) is 21.8 Å². The van der Waals surface area contributed by atoms with Crippen LogP contribution in [0.25, 0.3) is 0 Å². The summed E-state index contributed by atoms with van der Waals surface area (Å²) in [6, 6.07) is 9.99. The maximum absolute atomic E-state index is 6.47. The minimum Gasteiger partial charge on any atom is -0.378 e. The highest BCUT2D eigenvalue weighted by Crippen LogP contribution is 2.39. The number of nitrogens with zero attached hydrogens (tertiary/aromatic N) is 2. The quantitative estimate of drug-likeness (QED) is 0.784. The van der Waals surface area contributed by atoms with Gasteiger partial charge in [-0.3, -0.25) is 0 Å². The standard InChI is InChI=1S/C15H17ClN2OS/c1-19-15(8-5-9-15)10-12-17-18-14(20-12)13(16)11-6-3-2-4-7-11/h2-4,6-7,13H,5,8-10H2,1H3. The lowest BCUT2D eigenvalue weighted by Crippen LogP contribution is -2.41. The Bertz CT molecular complexity index is 563. The van der Waals surface area contributed by atoms with E-state index in [9.17, 15) is 0 Å². The maximum atomic E-state index is 6.47. The first kappa shape index (κ1) is 14.0. The molecule has 3 rings (SSSR count). The van der Waals surface area contributed by atoms with Crippen molar-refractivity contribution in [3.05, 3.63) is 45.9 Å². The van der Waals surface area contributed by atoms with Crippen LogP contribution < -0.4 is 0 Å². The summed E-state index contributed by atoms with van der Waals surface area (Å²) >= 11 is 8.07. The van der Waals surface area contributed by atoms with Crippen molar-refractivity contribution in [1.29, 1.82) is 0 Å². The van der Waals surface area contributed by atoms with Gasteiger partial charge < -0.3 is 4.74 Å². The fraction of sp³-hybridized carbons (Fsp3) is 0.467. The Morgan fingerprint density at radius 3 is 2.65 bits per heavy atom. The van der Waals surface area contributed by atoms with Crippen LogP contribution in [-0.2, 0) is 11.2 Å². The second-order valence-electron chi connectivity index (χ2n) is 5.22. The fourth-order valence-electron chi connectivity index (χ4n) is 2.50. The number of hydrogen-bond donors (Lipinski definition) is 0. The summed E-state index contributed by atoms with van der Waals surface area (Å²) in [5, 5.41) is 10.2. The van der Waals surface area contributed by atoms with Crippen LogP contribution in [0.3, 0.4) is 0 Å². The predicted molar refractivity (Wildman–Crippen MR) is 81.3 cm³/mol. The Kier molecular flexibility index (Phi) is 4.06. The molecular formula is C15H17ClN2OS. The van der Waals surface area contributed by atoms with E-state index in [2.05, 4.69) is 10.2 Å². The Balaban J connectivity index is 1.73. The summed E-state index contributed by atoms with van der Waals surface area (Å²) in [6.07, 6.45) is 4.31. The SMILES string of the molecule is COC1(Cc2nnc(C(Cl)c3ccccc3)s2)CCC1. The van der Waals surface area contributed by atoms with Crippen LogP contribution in [0, 0.1) is 0 Å². The molecule has 1 aliphatic rings. The van der Waals surface area contributed by atoms with Gasteiger partial charge in [0.15, 0.2) is 0 Å². The molecule has 0 N–H and O–H groups in total. The summed E-state index contributed by atoms with van der Waals surface area (Å²) in [6.45, 7) is 0. The Morgan fingerprint density at radius 1 is 1.30 bits per heavy atom. The molecule has 1 aromatic carbocycles. The molecule has 0 aliphatic heterocycles. The smallest absolute Gasteiger partial charge is 0.139 e. The predicted octanol–water partition coefficient (Wildman–Crippen LogP) is 3.98. The number of alkyl halides is 1. The molecule has 0 saturated heterocycles. The number of rotatable bonds is 5. The van der Waals surface area contributed by atoms with Crippen LogP contribution in [0.5, 0.6) is 0 Å². The first-order valence-electron chi connectivity index (χ1n) is 6.79. The maximum Gasteiger partial charge on any atom is 0.139 e. The van der Waals surface area contributed by atoms with Crippen molar-refractivity contribution in [1.82, 2.24) is 10.2 Å². The Hall–Kier alpha value is -0.970. The van der Waals surface area contributed by atoms with E-state index in [4.69, 9.17) is 16.3 Å². The fourth-order valence-corrected chi connectivity index (χ4v) is 3.81. The van der Waals surface area contributed by atoms with Crippen molar-refractivity contribution in [2.24, 2.45) is 0 Å². The molecule has 1 aliphatic carbocycles. The van der Waals surface area contributed by atoms with Crippen molar-refractivity contribution in [2.45, 2.75) is 36.7 Å². The summed E-state index contributed by atoms with van der Waals surface area (Å²) < 4.78 is 5.64. The third-order valence-electron chi connectivity index (χ3n) is 3.96. The first-order chi connectivity index (χ1) is 9.72. The van der Waals surface area contributed by atoms with E-state index in [0.717, 1.165) is 34.8 Å². The van der Waals surface area contributed by atoms with Gasteiger partial charge in [-0.25, -0.2) is 0 Å². The summed E-state index contributed by atoms with van der Waals surface area (Å²) in [5.41, 5.74) is 1.05. The largest absolute Gasteiger partial charge is 0.378 e. The number of halogens is 1. The molecule has 2 aromatic rings. The minimum atomic E-state index is -0.220. The van der Waals surface area contributed by atoms with Crippen molar-refractivity contribution >= 4 is 22.9 Å². The molecule has 5 heteroatoms. The molecular weight excluding hydrogens is 292 g/mol. The van der Waals surface area contributed by atoms with Gasteiger partial charge in [-0.2, -0.15) is 0 Å². The van der Waals surface area contributed by atoms with Crippen LogP contribution in [-0.4, -0.2) is 22.9 Å². The van der Waals surface area contributed by atoms with Crippen molar-refractivity contribution < 1.29 is 4.74 Å². The zero-order valence-electron chi connectivity index (χ0n) is 11.4. The highest BCUT2D eigenvalue weighted by atomic mass is 35.5. The van der Waals surface area contributed by atoms with E-state index >= 15 is 0 Å². The molecule has 1 aromatic heterocycles.